The van der Waals surface area contributed by atoms with Gasteiger partial charge in [-0.05, 0) is 35.6 Å². The quantitative estimate of drug-likeness (QED) is 0.270. The molecular weight excluding hydrogens is 382 g/mol. The van der Waals surface area contributed by atoms with E-state index in [4.69, 9.17) is 22.1 Å². The van der Waals surface area contributed by atoms with E-state index in [-0.39, 0.29) is 16.7 Å². The number of thiophene rings is 1. The van der Waals surface area contributed by atoms with Crippen molar-refractivity contribution >= 4 is 50.7 Å². The van der Waals surface area contributed by atoms with Gasteiger partial charge in [-0.1, -0.05) is 11.6 Å². The van der Waals surface area contributed by atoms with Crippen molar-refractivity contribution in [2.24, 2.45) is 10.7 Å². The number of hydrogen-bond acceptors (Lipinski definition) is 6. The number of benzene rings is 1. The molecule has 134 valence electrons. The zero-order valence-electron chi connectivity index (χ0n) is 13.3. The molecule has 0 atom stereocenters. The standard InChI is InChI=1S/C15H12ClN5O4S/c1-18-15(17)20-14(22)9-6-7-8(16)2-3-10(13(7)19-9)25-12-5-4-11(26-12)21(23)24/h2-6,19H,1H3,(H3,17,18,20,22). The molecule has 0 saturated heterocycles. The Morgan fingerprint density at radius 3 is 2.85 bits per heavy atom. The fraction of sp³-hybridized carbons (Fsp3) is 0.0667. The first kappa shape index (κ1) is 17.7. The Balaban J connectivity index is 1.97. The Bertz CT molecular complexity index is 1040. The normalized spacial score (nSPS) is 11.5. The van der Waals surface area contributed by atoms with Crippen LogP contribution in [0.5, 0.6) is 10.8 Å². The van der Waals surface area contributed by atoms with Gasteiger partial charge in [0, 0.05) is 18.5 Å². The summed E-state index contributed by atoms with van der Waals surface area (Å²) < 4.78 is 5.72. The van der Waals surface area contributed by atoms with Crippen molar-refractivity contribution in [3.05, 3.63) is 51.2 Å². The third kappa shape index (κ3) is 3.46. The van der Waals surface area contributed by atoms with E-state index in [1.807, 2.05) is 0 Å². The van der Waals surface area contributed by atoms with Crippen LogP contribution in [0.3, 0.4) is 0 Å². The van der Waals surface area contributed by atoms with Crippen LogP contribution in [0.2, 0.25) is 5.02 Å². The van der Waals surface area contributed by atoms with Crippen molar-refractivity contribution in [1.29, 1.82) is 0 Å². The summed E-state index contributed by atoms with van der Waals surface area (Å²) in [5.41, 5.74) is 6.18. The highest BCUT2D eigenvalue weighted by molar-refractivity contribution is 7.17. The number of aromatic nitrogens is 1. The summed E-state index contributed by atoms with van der Waals surface area (Å²) in [4.78, 5) is 29.1. The number of nitrogens with zero attached hydrogens (tertiary/aromatic N) is 2. The van der Waals surface area contributed by atoms with Crippen molar-refractivity contribution in [1.82, 2.24) is 10.3 Å². The molecule has 0 saturated carbocycles. The summed E-state index contributed by atoms with van der Waals surface area (Å²) in [7, 11) is 1.45. The molecule has 0 unspecified atom stereocenters. The lowest BCUT2D eigenvalue weighted by molar-refractivity contribution is -0.380. The maximum Gasteiger partial charge on any atom is 0.327 e. The van der Waals surface area contributed by atoms with Gasteiger partial charge in [-0.25, -0.2) is 0 Å². The molecule has 26 heavy (non-hydrogen) atoms. The van der Waals surface area contributed by atoms with Crippen LogP contribution in [0.1, 0.15) is 10.5 Å². The number of H-pyrrole nitrogens is 1. The van der Waals surface area contributed by atoms with Gasteiger partial charge in [0.2, 0.25) is 0 Å². The van der Waals surface area contributed by atoms with E-state index < -0.39 is 10.8 Å². The van der Waals surface area contributed by atoms with Crippen LogP contribution in [0, 0.1) is 10.1 Å². The number of aromatic amines is 1. The van der Waals surface area contributed by atoms with Gasteiger partial charge in [0.05, 0.1) is 15.5 Å². The van der Waals surface area contributed by atoms with Crippen molar-refractivity contribution in [3.8, 4) is 10.8 Å². The van der Waals surface area contributed by atoms with Crippen LogP contribution in [-0.2, 0) is 0 Å². The average Bonchev–Trinajstić information content (AvgIpc) is 3.25. The summed E-state index contributed by atoms with van der Waals surface area (Å²) in [6, 6.07) is 7.63. The molecule has 2 heterocycles. The number of carbonyl (C=O) groups excluding carboxylic acids is 1. The lowest BCUT2D eigenvalue weighted by Crippen LogP contribution is -2.36. The number of nitrogens with one attached hydrogen (secondary N) is 2. The van der Waals surface area contributed by atoms with Gasteiger partial charge in [0.25, 0.3) is 5.91 Å². The molecular formula is C15H12ClN5O4S. The number of fused-ring (bicyclic) bond motifs is 1. The molecule has 4 N–H and O–H groups in total. The number of aliphatic imine (C=N–C) groups is 1. The first-order chi connectivity index (χ1) is 12.4. The molecule has 11 heteroatoms. The SMILES string of the molecule is CN=C(N)NC(=O)c1cc2c(Cl)ccc(Oc3ccc([N+](=O)[O-])s3)c2[nH]1. The van der Waals surface area contributed by atoms with Crippen molar-refractivity contribution in [2.75, 3.05) is 7.05 Å². The predicted octanol–water partition coefficient (Wildman–Crippen LogP) is 3.26. The zero-order chi connectivity index (χ0) is 18.8. The second kappa shape index (κ2) is 7.02. The van der Waals surface area contributed by atoms with Gasteiger partial charge in [0.15, 0.2) is 16.8 Å². The smallest absolute Gasteiger partial charge is 0.327 e. The largest absolute Gasteiger partial charge is 0.444 e. The molecule has 9 nitrogen and oxygen atoms in total. The summed E-state index contributed by atoms with van der Waals surface area (Å²) >= 11 is 7.08. The minimum atomic E-state index is -0.494. The lowest BCUT2D eigenvalue weighted by atomic mass is 10.2. The second-order valence-corrected chi connectivity index (χ2v) is 6.46. The van der Waals surface area contributed by atoms with E-state index in [1.54, 1.807) is 18.2 Å². The van der Waals surface area contributed by atoms with Crippen molar-refractivity contribution in [2.45, 2.75) is 0 Å². The molecule has 0 aliphatic heterocycles. The Morgan fingerprint density at radius 1 is 1.42 bits per heavy atom. The van der Waals surface area contributed by atoms with Gasteiger partial charge in [-0.15, -0.1) is 0 Å². The monoisotopic (exact) mass is 393 g/mol. The van der Waals surface area contributed by atoms with Crippen molar-refractivity contribution < 1.29 is 14.5 Å². The van der Waals surface area contributed by atoms with E-state index in [2.05, 4.69) is 15.3 Å². The molecule has 1 amide bonds. The van der Waals surface area contributed by atoms with E-state index >= 15 is 0 Å². The summed E-state index contributed by atoms with van der Waals surface area (Å²) in [6.07, 6.45) is 0. The molecule has 2 aromatic heterocycles. The van der Waals surface area contributed by atoms with E-state index in [0.29, 0.717) is 26.7 Å². The highest BCUT2D eigenvalue weighted by Crippen LogP contribution is 2.38. The number of amides is 1. The van der Waals surface area contributed by atoms with Crippen LogP contribution >= 0.6 is 22.9 Å². The first-order valence-electron chi connectivity index (χ1n) is 7.16. The van der Waals surface area contributed by atoms with Gasteiger partial charge >= 0.3 is 5.00 Å². The molecule has 0 bridgehead atoms. The topological polar surface area (TPSA) is 136 Å². The van der Waals surface area contributed by atoms with Crippen LogP contribution in [0.15, 0.2) is 35.3 Å². The maximum absolute atomic E-state index is 12.2. The van der Waals surface area contributed by atoms with Gasteiger partial charge in [-0.2, -0.15) is 0 Å². The third-order valence-corrected chi connectivity index (χ3v) is 4.63. The van der Waals surface area contributed by atoms with Crippen molar-refractivity contribution in [3.63, 3.8) is 0 Å². The molecule has 0 spiro atoms. The predicted molar refractivity (Wildman–Crippen MR) is 99.4 cm³/mol. The summed E-state index contributed by atoms with van der Waals surface area (Å²) in [5.74, 6) is -0.141. The number of guanidine groups is 1. The number of nitro groups is 1. The number of halogens is 1. The average molecular weight is 394 g/mol. The third-order valence-electron chi connectivity index (χ3n) is 3.39. The minimum Gasteiger partial charge on any atom is -0.444 e. The minimum absolute atomic E-state index is 0.0258. The summed E-state index contributed by atoms with van der Waals surface area (Å²) in [5, 5.41) is 14.5. The van der Waals surface area contributed by atoms with Gasteiger partial charge in [-0.3, -0.25) is 25.2 Å². The molecule has 0 radical (unpaired) electrons. The fourth-order valence-corrected chi connectivity index (χ4v) is 3.07. The molecule has 1 aromatic carbocycles. The molecule has 0 fully saturated rings. The summed E-state index contributed by atoms with van der Waals surface area (Å²) in [6.45, 7) is 0. The number of ether oxygens (including phenoxy) is 1. The van der Waals surface area contributed by atoms with Crippen LogP contribution in [0.25, 0.3) is 10.9 Å². The van der Waals surface area contributed by atoms with E-state index in [9.17, 15) is 14.9 Å². The first-order valence-corrected chi connectivity index (χ1v) is 8.35. The Labute approximate surface area is 155 Å². The number of nitrogens with two attached hydrogens (primary N) is 1. The molecule has 0 aliphatic carbocycles. The fourth-order valence-electron chi connectivity index (χ4n) is 2.18. The van der Waals surface area contributed by atoms with Crippen LogP contribution < -0.4 is 15.8 Å². The second-order valence-electron chi connectivity index (χ2n) is 5.03. The molecule has 3 rings (SSSR count). The number of rotatable bonds is 4. The molecule has 0 aliphatic rings. The maximum atomic E-state index is 12.2. The Kier molecular flexibility index (Phi) is 4.78. The van der Waals surface area contributed by atoms with Gasteiger partial charge < -0.3 is 15.5 Å². The lowest BCUT2D eigenvalue weighted by Gasteiger charge is -2.05. The van der Waals surface area contributed by atoms with Crippen LogP contribution in [0.4, 0.5) is 5.00 Å². The van der Waals surface area contributed by atoms with Gasteiger partial charge in [0.1, 0.15) is 5.69 Å². The van der Waals surface area contributed by atoms with Crippen LogP contribution in [-0.4, -0.2) is 28.8 Å². The Morgan fingerprint density at radius 2 is 2.19 bits per heavy atom. The van der Waals surface area contributed by atoms with E-state index in [1.165, 1.54) is 19.2 Å². The molecule has 3 aromatic rings. The highest BCUT2D eigenvalue weighted by atomic mass is 35.5. The number of hydrogen-bond donors (Lipinski definition) is 3. The van der Waals surface area contributed by atoms with E-state index in [0.717, 1.165) is 11.3 Å². The number of carbonyl (C=O) groups is 1. The Hall–Kier alpha value is -3.11. The zero-order valence-corrected chi connectivity index (χ0v) is 14.9. The highest BCUT2D eigenvalue weighted by Gasteiger charge is 2.17.